The Hall–Kier alpha value is -2.43. The highest BCUT2D eigenvalue weighted by atomic mass is 31.2. The predicted molar refractivity (Wildman–Crippen MR) is 118 cm³/mol. The number of unbranched alkanes of at least 4 members (excludes halogenated alkanes) is 5. The molecule has 1 fully saturated rings. The van der Waals surface area contributed by atoms with Crippen LogP contribution in [-0.2, 0) is 18.6 Å². The van der Waals surface area contributed by atoms with Crippen LogP contribution in [0.2, 0.25) is 0 Å². The van der Waals surface area contributed by atoms with Crippen molar-refractivity contribution < 1.29 is 28.3 Å². The van der Waals surface area contributed by atoms with Gasteiger partial charge in [-0.1, -0.05) is 44.1 Å². The summed E-state index contributed by atoms with van der Waals surface area (Å²) in [5.41, 5.74) is 6.46. The monoisotopic (exact) mass is 487 g/mol. The zero-order valence-corrected chi connectivity index (χ0v) is 19.6. The van der Waals surface area contributed by atoms with E-state index in [9.17, 15) is 23.8 Å². The Kier molecular flexibility index (Phi) is 10.3. The van der Waals surface area contributed by atoms with Gasteiger partial charge in [-0.15, -0.1) is 0 Å². The van der Waals surface area contributed by atoms with Gasteiger partial charge in [0.05, 0.1) is 25.4 Å². The third-order valence-electron chi connectivity index (χ3n) is 5.23. The number of aromatic amines is 1. The first-order chi connectivity index (χ1) is 15.7. The van der Waals surface area contributed by atoms with E-state index < -0.39 is 49.5 Å². The molecule has 1 aliphatic rings. The molecule has 0 aromatic carbocycles. The van der Waals surface area contributed by atoms with E-state index in [1.54, 1.807) is 0 Å². The van der Waals surface area contributed by atoms with Gasteiger partial charge in [0.1, 0.15) is 6.23 Å². The summed E-state index contributed by atoms with van der Waals surface area (Å²) in [4.78, 5) is 50.4. The molecule has 2 heterocycles. The third kappa shape index (κ3) is 7.83. The molecule has 0 saturated carbocycles. The number of nitrogens with zero attached hydrogens (tertiary/aromatic N) is 4. The number of carbonyl (C=O) groups excluding carboxylic acids is 1. The van der Waals surface area contributed by atoms with Crippen LogP contribution in [0.25, 0.3) is 10.4 Å². The molecular weight excluding hydrogens is 457 g/mol. The quantitative estimate of drug-likeness (QED) is 0.139. The Morgan fingerprint density at radius 1 is 1.36 bits per heavy atom. The molecule has 13 nitrogen and oxygen atoms in total. The number of hydrogen-bond acceptors (Lipinski definition) is 8. The van der Waals surface area contributed by atoms with E-state index >= 15 is 0 Å². The van der Waals surface area contributed by atoms with E-state index in [1.807, 2.05) is 0 Å². The van der Waals surface area contributed by atoms with Crippen molar-refractivity contribution in [1.82, 2.24) is 9.55 Å². The molecule has 2 N–H and O–H groups in total. The largest absolute Gasteiger partial charge is 0.457 e. The Balaban J connectivity index is 1.92. The van der Waals surface area contributed by atoms with Gasteiger partial charge in [-0.25, -0.2) is 14.2 Å². The Bertz CT molecular complexity index is 1020. The fourth-order valence-electron chi connectivity index (χ4n) is 3.37. The number of ether oxygens (including phenoxy) is 2. The molecule has 0 radical (unpaired) electrons. The number of hydrogen-bond donors (Lipinski definition) is 2. The van der Waals surface area contributed by atoms with E-state index in [-0.39, 0.29) is 18.6 Å². The number of azide groups is 1. The van der Waals surface area contributed by atoms with Gasteiger partial charge >= 0.3 is 19.0 Å². The molecule has 33 heavy (non-hydrogen) atoms. The van der Waals surface area contributed by atoms with Crippen molar-refractivity contribution in [2.45, 2.75) is 77.2 Å². The van der Waals surface area contributed by atoms with Crippen LogP contribution in [0.3, 0.4) is 0 Å². The van der Waals surface area contributed by atoms with Gasteiger partial charge in [0, 0.05) is 23.1 Å². The molecule has 1 aromatic heterocycles. The number of aromatic nitrogens is 2. The lowest BCUT2D eigenvalue weighted by Crippen LogP contribution is -2.33. The highest BCUT2D eigenvalue weighted by molar-refractivity contribution is 7.70. The van der Waals surface area contributed by atoms with Crippen LogP contribution >= 0.6 is 7.60 Å². The number of rotatable bonds is 13. The zero-order chi connectivity index (χ0) is 24.4. The highest BCUT2D eigenvalue weighted by Crippen LogP contribution is 2.45. The second kappa shape index (κ2) is 12.7. The molecule has 14 heteroatoms. The zero-order valence-electron chi connectivity index (χ0n) is 18.7. The van der Waals surface area contributed by atoms with E-state index in [2.05, 4.69) is 21.9 Å². The molecule has 1 unspecified atom stereocenters. The Labute approximate surface area is 190 Å². The minimum atomic E-state index is -4.76. The fourth-order valence-corrected chi connectivity index (χ4v) is 4.08. The molecule has 1 aliphatic heterocycles. The first kappa shape index (κ1) is 26.8. The number of nitrogens with one attached hydrogen (secondary N) is 1. The minimum Gasteiger partial charge on any atom is -0.457 e. The van der Waals surface area contributed by atoms with Crippen LogP contribution in [0.4, 0.5) is 4.79 Å². The van der Waals surface area contributed by atoms with Crippen LogP contribution in [0, 0.1) is 6.92 Å². The van der Waals surface area contributed by atoms with Crippen molar-refractivity contribution >= 4 is 13.3 Å². The lowest BCUT2D eigenvalue weighted by Gasteiger charge is -2.18. The van der Waals surface area contributed by atoms with Crippen LogP contribution in [0.1, 0.15) is 63.7 Å². The van der Waals surface area contributed by atoms with Crippen molar-refractivity contribution in [3.63, 3.8) is 0 Å². The molecule has 1 aromatic rings. The summed E-state index contributed by atoms with van der Waals surface area (Å²) in [6, 6.07) is -0.835. The van der Waals surface area contributed by atoms with Crippen LogP contribution in [-0.4, -0.2) is 45.5 Å². The molecule has 0 spiro atoms. The van der Waals surface area contributed by atoms with E-state index in [0.717, 1.165) is 36.7 Å². The summed E-state index contributed by atoms with van der Waals surface area (Å²) in [6.45, 7) is 3.08. The maximum atomic E-state index is 12.2. The van der Waals surface area contributed by atoms with Gasteiger partial charge in [0.25, 0.3) is 5.56 Å². The normalized spacial score (nSPS) is 21.8. The molecule has 2 rings (SSSR count). The maximum absolute atomic E-state index is 12.2. The van der Waals surface area contributed by atoms with E-state index in [4.69, 9.17) is 19.5 Å². The van der Waals surface area contributed by atoms with Gasteiger partial charge in [0.2, 0.25) is 0 Å². The molecule has 0 amide bonds. The van der Waals surface area contributed by atoms with Gasteiger partial charge in [-0.3, -0.25) is 18.9 Å². The SMILES string of the molecule is CCCCCCCCOC(=O)P(=O)(O)OC[C@H]1O[C@@H](n2cc(C)c(=O)[nH]c2=O)C[C@@H]1N=[N+]=[N-]. The minimum absolute atomic E-state index is 0.0106. The Morgan fingerprint density at radius 3 is 2.76 bits per heavy atom. The summed E-state index contributed by atoms with van der Waals surface area (Å²) in [5.74, 6) is 0. The number of carbonyl (C=O) groups is 1. The van der Waals surface area contributed by atoms with Gasteiger partial charge in [-0.05, 0) is 18.9 Å². The van der Waals surface area contributed by atoms with Crippen LogP contribution < -0.4 is 11.2 Å². The summed E-state index contributed by atoms with van der Waals surface area (Å²) in [6.07, 6.45) is 5.22. The summed E-state index contributed by atoms with van der Waals surface area (Å²) in [7, 11) is -4.76. The standard InChI is InChI=1S/C19H30N5O8P/c1-3-4-5-6-7-8-9-30-19(27)33(28,29)31-12-15-14(22-23-20)10-16(32-15)24-11-13(2)17(25)21-18(24)26/h11,14-16H,3-10,12H2,1-2H3,(H,28,29)(H,21,25,26)/t14-,15+,16+/m0/s1. The topological polar surface area (TPSA) is 186 Å². The van der Waals surface area contributed by atoms with Crippen molar-refractivity contribution in [3.8, 4) is 0 Å². The smallest absolute Gasteiger partial charge is 0.435 e. The third-order valence-corrected chi connectivity index (χ3v) is 6.32. The number of H-pyrrole nitrogens is 1. The average Bonchev–Trinajstić information content (AvgIpc) is 3.17. The highest BCUT2D eigenvalue weighted by Gasteiger charge is 2.40. The predicted octanol–water partition coefficient (Wildman–Crippen LogP) is 3.51. The molecule has 4 atom stereocenters. The fraction of sp³-hybridized carbons (Fsp3) is 0.737. The van der Waals surface area contributed by atoms with Gasteiger partial charge in [-0.2, -0.15) is 0 Å². The van der Waals surface area contributed by atoms with Gasteiger partial charge < -0.3 is 14.4 Å². The second-order valence-corrected chi connectivity index (χ2v) is 9.48. The first-order valence-corrected chi connectivity index (χ1v) is 12.4. The van der Waals surface area contributed by atoms with E-state index in [0.29, 0.717) is 6.42 Å². The van der Waals surface area contributed by atoms with E-state index in [1.165, 1.54) is 13.1 Å². The van der Waals surface area contributed by atoms with Crippen molar-refractivity contribution in [1.29, 1.82) is 0 Å². The lowest BCUT2D eigenvalue weighted by atomic mass is 10.1. The van der Waals surface area contributed by atoms with Crippen molar-refractivity contribution in [2.75, 3.05) is 13.2 Å². The molecule has 0 bridgehead atoms. The van der Waals surface area contributed by atoms with Crippen LogP contribution in [0.5, 0.6) is 0 Å². The lowest BCUT2D eigenvalue weighted by molar-refractivity contribution is -0.0239. The van der Waals surface area contributed by atoms with Gasteiger partial charge in [0.15, 0.2) is 0 Å². The first-order valence-electron chi connectivity index (χ1n) is 10.9. The second-order valence-electron chi connectivity index (χ2n) is 7.81. The Morgan fingerprint density at radius 2 is 2.06 bits per heavy atom. The summed E-state index contributed by atoms with van der Waals surface area (Å²) < 4.78 is 28.8. The van der Waals surface area contributed by atoms with Crippen molar-refractivity contribution in [2.24, 2.45) is 5.11 Å². The molecular formula is C19H30N5O8P. The van der Waals surface area contributed by atoms with Crippen LogP contribution in [0.15, 0.2) is 20.9 Å². The van der Waals surface area contributed by atoms with Crippen molar-refractivity contribution in [3.05, 3.63) is 43.0 Å². The summed E-state index contributed by atoms with van der Waals surface area (Å²) >= 11 is 0. The molecule has 1 saturated heterocycles. The molecule has 0 aliphatic carbocycles. The summed E-state index contributed by atoms with van der Waals surface area (Å²) in [5, 5.41) is 3.59. The number of aryl methyl sites for hydroxylation is 1. The maximum Gasteiger partial charge on any atom is 0.435 e. The molecule has 184 valence electrons. The average molecular weight is 487 g/mol.